The third-order valence-electron chi connectivity index (χ3n) is 5.13. The quantitative estimate of drug-likeness (QED) is 0.545. The van der Waals surface area contributed by atoms with Gasteiger partial charge in [0.1, 0.15) is 11.5 Å². The maximum atomic E-state index is 13.6. The summed E-state index contributed by atoms with van der Waals surface area (Å²) in [6.45, 7) is 2.35. The van der Waals surface area contributed by atoms with Crippen LogP contribution in [0.2, 0.25) is 5.02 Å². The van der Waals surface area contributed by atoms with Crippen molar-refractivity contribution in [3.63, 3.8) is 0 Å². The molecule has 9 heteroatoms. The van der Waals surface area contributed by atoms with E-state index in [1.807, 2.05) is 37.3 Å². The Kier molecular flexibility index (Phi) is 6.76. The van der Waals surface area contributed by atoms with Crippen LogP contribution in [-0.2, 0) is 21.4 Å². The number of carbonyl (C=O) groups excluding carboxylic acids is 1. The van der Waals surface area contributed by atoms with Crippen molar-refractivity contribution in [3.8, 4) is 11.5 Å². The molecule has 1 amide bonds. The highest BCUT2D eigenvalue weighted by atomic mass is 35.5. The molecule has 1 atom stereocenters. The van der Waals surface area contributed by atoms with Crippen molar-refractivity contribution < 1.29 is 22.7 Å². The predicted octanol–water partition coefficient (Wildman–Crippen LogP) is 4.01. The molecule has 33 heavy (non-hydrogen) atoms. The minimum absolute atomic E-state index is 0.00361. The van der Waals surface area contributed by atoms with Crippen LogP contribution < -0.4 is 19.1 Å². The summed E-state index contributed by atoms with van der Waals surface area (Å²) in [6.07, 6.45) is -1.02. The summed E-state index contributed by atoms with van der Waals surface area (Å²) in [4.78, 5) is 12.9. The van der Waals surface area contributed by atoms with Gasteiger partial charge in [0, 0.05) is 6.54 Å². The number of anilines is 1. The number of amides is 1. The Labute approximate surface area is 197 Å². The van der Waals surface area contributed by atoms with Gasteiger partial charge < -0.3 is 14.8 Å². The third kappa shape index (κ3) is 4.91. The summed E-state index contributed by atoms with van der Waals surface area (Å²) < 4.78 is 39.6. The molecule has 4 rings (SSSR count). The van der Waals surface area contributed by atoms with Crippen LogP contribution in [0.15, 0.2) is 77.7 Å². The predicted molar refractivity (Wildman–Crippen MR) is 126 cm³/mol. The number of carbonyl (C=O) groups is 1. The molecule has 3 aromatic rings. The van der Waals surface area contributed by atoms with Gasteiger partial charge in [0.05, 0.1) is 28.8 Å². The monoisotopic (exact) mass is 486 g/mol. The van der Waals surface area contributed by atoms with E-state index >= 15 is 0 Å². The van der Waals surface area contributed by atoms with E-state index in [0.717, 1.165) is 5.56 Å². The maximum absolute atomic E-state index is 13.6. The fraction of sp³-hybridized carbons (Fsp3) is 0.208. The third-order valence-corrected chi connectivity index (χ3v) is 7.20. The van der Waals surface area contributed by atoms with E-state index in [2.05, 4.69) is 5.32 Å². The zero-order chi connectivity index (χ0) is 23.4. The molecule has 0 fully saturated rings. The smallest absolute Gasteiger partial charge is 0.264 e. The van der Waals surface area contributed by atoms with Crippen LogP contribution in [0.3, 0.4) is 0 Å². The average Bonchev–Trinajstić information content (AvgIpc) is 2.83. The molecule has 0 aromatic heterocycles. The zero-order valence-corrected chi connectivity index (χ0v) is 19.5. The van der Waals surface area contributed by atoms with Gasteiger partial charge in [-0.05, 0) is 42.8 Å². The molecule has 1 aliphatic rings. The Morgan fingerprint density at radius 1 is 1.12 bits per heavy atom. The fourth-order valence-corrected chi connectivity index (χ4v) is 5.31. The van der Waals surface area contributed by atoms with Crippen LogP contribution in [0.4, 0.5) is 5.69 Å². The minimum atomic E-state index is -4.03. The first kappa shape index (κ1) is 22.9. The Bertz CT molecular complexity index is 1250. The van der Waals surface area contributed by atoms with Crippen molar-refractivity contribution in [2.75, 3.05) is 17.5 Å². The molecule has 0 spiro atoms. The Balaban J connectivity index is 1.61. The SMILES string of the molecule is CCOc1ccc(S(=O)(=O)N2CC(C(=O)NCc3ccccc3)Oc3ccccc32)cc1Cl. The van der Waals surface area contributed by atoms with Crippen LogP contribution >= 0.6 is 11.6 Å². The van der Waals surface area contributed by atoms with Gasteiger partial charge in [0.2, 0.25) is 0 Å². The standard InChI is InChI=1S/C24H23ClN2O5S/c1-2-31-21-13-12-18(14-19(21)25)33(29,30)27-16-23(32-22-11-7-6-10-20(22)27)24(28)26-15-17-8-4-3-5-9-17/h3-14,23H,2,15-16H2,1H3,(H,26,28). The molecule has 1 aliphatic heterocycles. The number of hydrogen-bond acceptors (Lipinski definition) is 5. The molecule has 3 aromatic carbocycles. The van der Waals surface area contributed by atoms with Gasteiger partial charge in [-0.25, -0.2) is 8.42 Å². The lowest BCUT2D eigenvalue weighted by atomic mass is 10.2. The number of rotatable bonds is 7. The number of fused-ring (bicyclic) bond motifs is 1. The largest absolute Gasteiger partial charge is 0.492 e. The Morgan fingerprint density at radius 2 is 1.85 bits per heavy atom. The highest BCUT2D eigenvalue weighted by Gasteiger charge is 2.37. The second kappa shape index (κ2) is 9.72. The molecule has 1 heterocycles. The lowest BCUT2D eigenvalue weighted by molar-refractivity contribution is -0.127. The average molecular weight is 487 g/mol. The molecular weight excluding hydrogens is 464 g/mol. The minimum Gasteiger partial charge on any atom is -0.492 e. The first-order chi connectivity index (χ1) is 15.9. The van der Waals surface area contributed by atoms with Crippen molar-refractivity contribution in [1.29, 1.82) is 0 Å². The number of hydrogen-bond donors (Lipinski definition) is 1. The highest BCUT2D eigenvalue weighted by Crippen LogP contribution is 2.38. The molecule has 0 saturated carbocycles. The van der Waals surface area contributed by atoms with E-state index in [4.69, 9.17) is 21.1 Å². The topological polar surface area (TPSA) is 84.9 Å². The van der Waals surface area contributed by atoms with Crippen molar-refractivity contribution >= 4 is 33.2 Å². The van der Waals surface area contributed by atoms with Crippen molar-refractivity contribution in [2.24, 2.45) is 0 Å². The molecule has 7 nitrogen and oxygen atoms in total. The number of halogens is 1. The first-order valence-corrected chi connectivity index (χ1v) is 12.2. The molecule has 0 bridgehead atoms. The number of para-hydroxylation sites is 2. The normalized spacial score (nSPS) is 15.3. The summed E-state index contributed by atoms with van der Waals surface area (Å²) in [5.41, 5.74) is 1.28. The van der Waals surface area contributed by atoms with E-state index in [0.29, 0.717) is 30.3 Å². The van der Waals surface area contributed by atoms with Crippen molar-refractivity contribution in [2.45, 2.75) is 24.5 Å². The van der Waals surface area contributed by atoms with Crippen LogP contribution in [0, 0.1) is 0 Å². The van der Waals surface area contributed by atoms with Gasteiger partial charge in [-0.3, -0.25) is 9.10 Å². The molecular formula is C24H23ClN2O5S. The number of nitrogens with zero attached hydrogens (tertiary/aromatic N) is 1. The number of ether oxygens (including phenoxy) is 2. The summed E-state index contributed by atoms with van der Waals surface area (Å²) in [5.74, 6) is 0.307. The molecule has 1 unspecified atom stereocenters. The molecule has 0 saturated heterocycles. The Morgan fingerprint density at radius 3 is 2.58 bits per heavy atom. The maximum Gasteiger partial charge on any atom is 0.264 e. The van der Waals surface area contributed by atoms with Gasteiger partial charge in [-0.2, -0.15) is 0 Å². The summed E-state index contributed by atoms with van der Waals surface area (Å²) in [5, 5.41) is 3.01. The van der Waals surface area contributed by atoms with E-state index in [1.54, 1.807) is 24.3 Å². The summed E-state index contributed by atoms with van der Waals surface area (Å²) in [7, 11) is -4.03. The highest BCUT2D eigenvalue weighted by molar-refractivity contribution is 7.92. The second-order valence-corrected chi connectivity index (χ2v) is 9.61. The number of benzene rings is 3. The summed E-state index contributed by atoms with van der Waals surface area (Å²) in [6, 6.07) is 20.5. The van der Waals surface area contributed by atoms with Crippen molar-refractivity contribution in [3.05, 3.63) is 83.4 Å². The van der Waals surface area contributed by atoms with Crippen molar-refractivity contribution in [1.82, 2.24) is 5.32 Å². The van der Waals surface area contributed by atoms with Crippen LogP contribution in [0.5, 0.6) is 11.5 Å². The number of sulfonamides is 1. The molecule has 172 valence electrons. The van der Waals surface area contributed by atoms with Gasteiger partial charge in [-0.1, -0.05) is 54.1 Å². The second-order valence-electron chi connectivity index (χ2n) is 7.34. The van der Waals surface area contributed by atoms with Gasteiger partial charge in [0.15, 0.2) is 6.10 Å². The zero-order valence-electron chi connectivity index (χ0n) is 17.9. The molecule has 1 N–H and O–H groups in total. The fourth-order valence-electron chi connectivity index (χ4n) is 3.51. The molecule has 0 aliphatic carbocycles. The summed E-state index contributed by atoms with van der Waals surface area (Å²) >= 11 is 6.24. The first-order valence-electron chi connectivity index (χ1n) is 10.4. The van der Waals surface area contributed by atoms with Crippen LogP contribution in [-0.4, -0.2) is 33.6 Å². The van der Waals surface area contributed by atoms with E-state index in [9.17, 15) is 13.2 Å². The van der Waals surface area contributed by atoms with E-state index < -0.39 is 22.0 Å². The van der Waals surface area contributed by atoms with E-state index in [-0.39, 0.29) is 16.5 Å². The van der Waals surface area contributed by atoms with Crippen LogP contribution in [0.25, 0.3) is 0 Å². The van der Waals surface area contributed by atoms with Gasteiger partial charge in [0.25, 0.3) is 15.9 Å². The molecule has 0 radical (unpaired) electrons. The number of nitrogens with one attached hydrogen (secondary N) is 1. The lowest BCUT2D eigenvalue weighted by Gasteiger charge is -2.34. The Hall–Kier alpha value is -3.23. The van der Waals surface area contributed by atoms with Crippen LogP contribution in [0.1, 0.15) is 12.5 Å². The van der Waals surface area contributed by atoms with E-state index in [1.165, 1.54) is 22.5 Å². The van der Waals surface area contributed by atoms with Gasteiger partial charge in [-0.15, -0.1) is 0 Å². The lowest BCUT2D eigenvalue weighted by Crippen LogP contribution is -2.50. The van der Waals surface area contributed by atoms with Gasteiger partial charge >= 0.3 is 0 Å².